The van der Waals surface area contributed by atoms with Gasteiger partial charge >= 0.3 is 0 Å². The van der Waals surface area contributed by atoms with Gasteiger partial charge in [-0.1, -0.05) is 11.8 Å². The van der Waals surface area contributed by atoms with E-state index in [1.807, 2.05) is 24.3 Å². The van der Waals surface area contributed by atoms with Crippen molar-refractivity contribution in [3.05, 3.63) is 48.0 Å². The highest BCUT2D eigenvalue weighted by Crippen LogP contribution is 2.34. The molecule has 4 heteroatoms. The Kier molecular flexibility index (Phi) is 3.75. The van der Waals surface area contributed by atoms with Gasteiger partial charge in [0.2, 0.25) is 0 Å². The van der Waals surface area contributed by atoms with Crippen LogP contribution in [0, 0.1) is 11.3 Å². The average Bonchev–Trinajstić information content (AvgIpc) is 2.42. The number of benzene rings is 2. The summed E-state index contributed by atoms with van der Waals surface area (Å²) in [5.41, 5.74) is 7.29. The Morgan fingerprint density at radius 2 is 1.89 bits per heavy atom. The van der Waals surface area contributed by atoms with Gasteiger partial charge in [0, 0.05) is 21.5 Å². The summed E-state index contributed by atoms with van der Waals surface area (Å²) in [6, 6.07) is 15.1. The first-order valence-electron chi connectivity index (χ1n) is 5.34. The van der Waals surface area contributed by atoms with Gasteiger partial charge in [-0.05, 0) is 36.4 Å². The highest BCUT2D eigenvalue weighted by molar-refractivity contribution is 7.99. The molecule has 2 N–H and O–H groups in total. The van der Waals surface area contributed by atoms with Crippen LogP contribution in [0.5, 0.6) is 5.75 Å². The van der Waals surface area contributed by atoms with Crippen LogP contribution in [-0.2, 0) is 0 Å². The first kappa shape index (κ1) is 12.3. The first-order valence-corrected chi connectivity index (χ1v) is 6.16. The molecule has 0 heterocycles. The molecule has 0 amide bonds. The number of anilines is 1. The highest BCUT2D eigenvalue weighted by Gasteiger charge is 2.03. The summed E-state index contributed by atoms with van der Waals surface area (Å²) in [5, 5.41) is 8.73. The van der Waals surface area contributed by atoms with E-state index in [1.165, 1.54) is 0 Å². The number of hydrogen-bond donors (Lipinski definition) is 1. The number of ether oxygens (including phenoxy) is 1. The van der Waals surface area contributed by atoms with E-state index in [2.05, 4.69) is 6.07 Å². The maximum absolute atomic E-state index is 8.73. The predicted octanol–water partition coefficient (Wildman–Crippen LogP) is 3.30. The van der Waals surface area contributed by atoms with Crippen molar-refractivity contribution >= 4 is 17.4 Å². The van der Waals surface area contributed by atoms with Crippen LogP contribution in [0.25, 0.3) is 0 Å². The molecule has 2 aromatic carbocycles. The van der Waals surface area contributed by atoms with Gasteiger partial charge in [0.25, 0.3) is 0 Å². The highest BCUT2D eigenvalue weighted by atomic mass is 32.2. The van der Waals surface area contributed by atoms with Crippen LogP contribution in [0.4, 0.5) is 5.69 Å². The van der Waals surface area contributed by atoms with Gasteiger partial charge in [-0.25, -0.2) is 0 Å². The zero-order chi connectivity index (χ0) is 13.0. The largest absolute Gasteiger partial charge is 0.497 e. The number of methoxy groups -OCH3 is 1. The monoisotopic (exact) mass is 256 g/mol. The molecular weight excluding hydrogens is 244 g/mol. The van der Waals surface area contributed by atoms with Crippen LogP contribution in [0.3, 0.4) is 0 Å². The van der Waals surface area contributed by atoms with Crippen molar-refractivity contribution in [1.82, 2.24) is 0 Å². The summed E-state index contributed by atoms with van der Waals surface area (Å²) in [6.45, 7) is 0. The summed E-state index contributed by atoms with van der Waals surface area (Å²) in [6.07, 6.45) is 0. The predicted molar refractivity (Wildman–Crippen MR) is 72.7 cm³/mol. The molecule has 0 aliphatic carbocycles. The van der Waals surface area contributed by atoms with Gasteiger partial charge in [-0.3, -0.25) is 0 Å². The Labute approximate surface area is 110 Å². The van der Waals surface area contributed by atoms with E-state index in [0.29, 0.717) is 11.3 Å². The Hall–Kier alpha value is -2.12. The maximum atomic E-state index is 8.73. The molecule has 90 valence electrons. The van der Waals surface area contributed by atoms with Gasteiger partial charge in [-0.2, -0.15) is 5.26 Å². The summed E-state index contributed by atoms with van der Waals surface area (Å²) in [4.78, 5) is 2.02. The van der Waals surface area contributed by atoms with E-state index in [-0.39, 0.29) is 0 Å². The Morgan fingerprint density at radius 1 is 1.17 bits per heavy atom. The Balaban J connectivity index is 2.20. The second kappa shape index (κ2) is 5.48. The fourth-order valence-electron chi connectivity index (χ4n) is 1.47. The van der Waals surface area contributed by atoms with Gasteiger partial charge in [0.15, 0.2) is 0 Å². The average molecular weight is 256 g/mol. The number of nitrogens with zero attached hydrogens (tertiary/aromatic N) is 1. The van der Waals surface area contributed by atoms with Crippen molar-refractivity contribution in [2.45, 2.75) is 9.79 Å². The smallest absolute Gasteiger partial charge is 0.120 e. The standard InChI is InChI=1S/C14H12N2OS/c1-17-11-4-7-14(13(16)8-11)18-12-5-2-10(9-15)3-6-12/h2-8H,16H2,1H3. The van der Waals surface area contributed by atoms with Gasteiger partial charge in [0.05, 0.1) is 18.7 Å². The van der Waals surface area contributed by atoms with E-state index < -0.39 is 0 Å². The Morgan fingerprint density at radius 3 is 2.44 bits per heavy atom. The number of nitrogens with two attached hydrogens (primary N) is 1. The number of rotatable bonds is 3. The molecule has 0 unspecified atom stereocenters. The van der Waals surface area contributed by atoms with Crippen molar-refractivity contribution < 1.29 is 4.74 Å². The minimum atomic E-state index is 0.655. The van der Waals surface area contributed by atoms with Gasteiger partial charge in [-0.15, -0.1) is 0 Å². The summed E-state index contributed by atoms with van der Waals surface area (Å²) < 4.78 is 5.11. The van der Waals surface area contributed by atoms with Crippen molar-refractivity contribution in [2.24, 2.45) is 0 Å². The molecule has 0 aliphatic heterocycles. The van der Waals surface area contributed by atoms with Crippen LogP contribution >= 0.6 is 11.8 Å². The fourth-order valence-corrected chi connectivity index (χ4v) is 2.31. The second-order valence-corrected chi connectivity index (χ2v) is 4.76. The summed E-state index contributed by atoms with van der Waals surface area (Å²) >= 11 is 1.56. The van der Waals surface area contributed by atoms with Crippen LogP contribution in [-0.4, -0.2) is 7.11 Å². The molecule has 18 heavy (non-hydrogen) atoms. The van der Waals surface area contributed by atoms with E-state index in [0.717, 1.165) is 15.5 Å². The van der Waals surface area contributed by atoms with Gasteiger partial charge in [0.1, 0.15) is 5.75 Å². The second-order valence-electron chi connectivity index (χ2n) is 3.64. The third kappa shape index (κ3) is 2.76. The van der Waals surface area contributed by atoms with Crippen LogP contribution < -0.4 is 10.5 Å². The lowest BCUT2D eigenvalue weighted by atomic mass is 10.2. The third-order valence-electron chi connectivity index (χ3n) is 2.43. The molecule has 3 nitrogen and oxygen atoms in total. The molecule has 0 aliphatic rings. The summed E-state index contributed by atoms with van der Waals surface area (Å²) in [5.74, 6) is 0.747. The number of nitriles is 1. The van der Waals surface area contributed by atoms with E-state index in [1.54, 1.807) is 37.1 Å². The molecule has 0 aromatic heterocycles. The van der Waals surface area contributed by atoms with E-state index in [9.17, 15) is 0 Å². The molecule has 2 aromatic rings. The zero-order valence-electron chi connectivity index (χ0n) is 9.88. The first-order chi connectivity index (χ1) is 8.72. The maximum Gasteiger partial charge on any atom is 0.120 e. The molecule has 0 saturated heterocycles. The van der Waals surface area contributed by atoms with Crippen LogP contribution in [0.15, 0.2) is 52.3 Å². The molecule has 0 saturated carbocycles. The van der Waals surface area contributed by atoms with Crippen molar-refractivity contribution in [2.75, 3.05) is 12.8 Å². The SMILES string of the molecule is COc1ccc(Sc2ccc(C#N)cc2)c(N)c1. The normalized spacial score (nSPS) is 9.78. The minimum Gasteiger partial charge on any atom is -0.497 e. The number of hydrogen-bond acceptors (Lipinski definition) is 4. The van der Waals surface area contributed by atoms with E-state index in [4.69, 9.17) is 15.7 Å². The van der Waals surface area contributed by atoms with Crippen molar-refractivity contribution in [1.29, 1.82) is 5.26 Å². The molecule has 0 radical (unpaired) electrons. The lowest BCUT2D eigenvalue weighted by Gasteiger charge is -2.07. The van der Waals surface area contributed by atoms with E-state index >= 15 is 0 Å². The molecular formula is C14H12N2OS. The topological polar surface area (TPSA) is 59.0 Å². The quantitative estimate of drug-likeness (QED) is 0.856. The minimum absolute atomic E-state index is 0.655. The summed E-state index contributed by atoms with van der Waals surface area (Å²) in [7, 11) is 1.61. The third-order valence-corrected chi connectivity index (χ3v) is 3.53. The van der Waals surface area contributed by atoms with Crippen molar-refractivity contribution in [3.8, 4) is 11.8 Å². The Bertz CT molecular complexity index is 588. The fraction of sp³-hybridized carbons (Fsp3) is 0.0714. The molecule has 0 atom stereocenters. The van der Waals surface area contributed by atoms with Gasteiger partial charge < -0.3 is 10.5 Å². The molecule has 0 bridgehead atoms. The van der Waals surface area contributed by atoms with Crippen molar-refractivity contribution in [3.63, 3.8) is 0 Å². The lowest BCUT2D eigenvalue weighted by molar-refractivity contribution is 0.415. The molecule has 2 rings (SSSR count). The lowest BCUT2D eigenvalue weighted by Crippen LogP contribution is -1.90. The number of nitrogen functional groups attached to an aromatic ring is 1. The van der Waals surface area contributed by atoms with Crippen LogP contribution in [0.2, 0.25) is 0 Å². The molecule has 0 fully saturated rings. The molecule has 0 spiro atoms. The zero-order valence-corrected chi connectivity index (χ0v) is 10.7. The van der Waals surface area contributed by atoms with Crippen LogP contribution in [0.1, 0.15) is 5.56 Å².